The van der Waals surface area contributed by atoms with E-state index in [4.69, 9.17) is 0 Å². The van der Waals surface area contributed by atoms with Gasteiger partial charge in [-0.25, -0.2) is 12.7 Å². The fourth-order valence-corrected chi connectivity index (χ4v) is 4.79. The van der Waals surface area contributed by atoms with E-state index >= 15 is 0 Å². The van der Waals surface area contributed by atoms with Crippen molar-refractivity contribution >= 4 is 10.0 Å². The van der Waals surface area contributed by atoms with Gasteiger partial charge in [-0.2, -0.15) is 0 Å². The van der Waals surface area contributed by atoms with E-state index in [2.05, 4.69) is 20.8 Å². The number of hydrogen-bond acceptors (Lipinski definition) is 2. The van der Waals surface area contributed by atoms with Gasteiger partial charge in [-0.1, -0.05) is 27.2 Å². The molecule has 2 rings (SSSR count). The van der Waals surface area contributed by atoms with Gasteiger partial charge in [-0.3, -0.25) is 0 Å². The van der Waals surface area contributed by atoms with Gasteiger partial charge in [-0.05, 0) is 30.6 Å². The Bertz CT molecular complexity index is 346. The molecule has 0 N–H and O–H groups in total. The van der Waals surface area contributed by atoms with Crippen LogP contribution in [0, 0.1) is 11.3 Å². The lowest BCUT2D eigenvalue weighted by atomic mass is 9.82. The van der Waals surface area contributed by atoms with Crippen molar-refractivity contribution in [2.24, 2.45) is 11.3 Å². The first-order valence-electron chi connectivity index (χ1n) is 6.28. The first kappa shape index (κ1) is 12.4. The summed E-state index contributed by atoms with van der Waals surface area (Å²) in [7, 11) is -2.92. The van der Waals surface area contributed by atoms with E-state index in [0.717, 1.165) is 38.8 Å². The molecular weight excluding hydrogens is 222 g/mol. The van der Waals surface area contributed by atoms with Crippen LogP contribution in [0.1, 0.15) is 46.5 Å². The monoisotopic (exact) mass is 245 g/mol. The minimum Gasteiger partial charge on any atom is -0.212 e. The van der Waals surface area contributed by atoms with Crippen LogP contribution in [-0.2, 0) is 10.0 Å². The summed E-state index contributed by atoms with van der Waals surface area (Å²) in [5.41, 5.74) is 0.316. The Morgan fingerprint density at radius 1 is 1.19 bits per heavy atom. The second kappa shape index (κ2) is 3.98. The average Bonchev–Trinajstić information content (AvgIpc) is 1.88. The molecule has 1 aliphatic carbocycles. The lowest BCUT2D eigenvalue weighted by molar-refractivity contribution is 0.142. The van der Waals surface area contributed by atoms with E-state index in [1.54, 1.807) is 4.31 Å². The van der Waals surface area contributed by atoms with Gasteiger partial charge in [0, 0.05) is 13.1 Å². The Kier molecular flexibility index (Phi) is 3.08. The van der Waals surface area contributed by atoms with Crippen LogP contribution >= 0.6 is 0 Å². The fourth-order valence-electron chi connectivity index (χ4n) is 2.60. The van der Waals surface area contributed by atoms with Gasteiger partial charge in [0.15, 0.2) is 0 Å². The summed E-state index contributed by atoms with van der Waals surface area (Å²) in [5, 5.41) is -0.0527. The molecule has 2 aliphatic rings. The minimum absolute atomic E-state index is 0.0527. The molecule has 0 aromatic carbocycles. The van der Waals surface area contributed by atoms with E-state index in [1.165, 1.54) is 0 Å². The Labute approximate surface area is 99.3 Å². The highest BCUT2D eigenvalue weighted by Crippen LogP contribution is 2.36. The van der Waals surface area contributed by atoms with Gasteiger partial charge in [0.05, 0.1) is 5.25 Å². The van der Waals surface area contributed by atoms with Crippen LogP contribution in [-0.4, -0.2) is 31.1 Å². The predicted octanol–water partition coefficient (Wildman–Crippen LogP) is 2.24. The molecule has 2 fully saturated rings. The number of sulfonamides is 1. The van der Waals surface area contributed by atoms with Gasteiger partial charge < -0.3 is 0 Å². The first-order chi connectivity index (χ1) is 7.29. The summed E-state index contributed by atoms with van der Waals surface area (Å²) in [4.78, 5) is 0. The molecule has 4 heteroatoms. The second-order valence-corrected chi connectivity index (χ2v) is 8.76. The number of hydrogen-bond donors (Lipinski definition) is 0. The Morgan fingerprint density at radius 3 is 2.12 bits per heavy atom. The summed E-state index contributed by atoms with van der Waals surface area (Å²) < 4.78 is 25.8. The van der Waals surface area contributed by atoms with Gasteiger partial charge >= 0.3 is 0 Å². The van der Waals surface area contributed by atoms with Crippen molar-refractivity contribution in [3.8, 4) is 0 Å². The molecule has 0 spiro atoms. The van der Waals surface area contributed by atoms with Crippen LogP contribution in [0.15, 0.2) is 0 Å². The molecule has 0 bridgehead atoms. The first-order valence-corrected chi connectivity index (χ1v) is 7.78. The van der Waals surface area contributed by atoms with E-state index in [-0.39, 0.29) is 5.25 Å². The maximum Gasteiger partial charge on any atom is 0.216 e. The third kappa shape index (κ3) is 2.43. The highest BCUT2D eigenvalue weighted by Gasteiger charge is 2.42. The summed E-state index contributed by atoms with van der Waals surface area (Å²) in [6.45, 7) is 8.18. The molecule has 0 amide bonds. The quantitative estimate of drug-likeness (QED) is 0.764. The minimum atomic E-state index is -2.92. The molecule has 0 unspecified atom stereocenters. The summed E-state index contributed by atoms with van der Waals surface area (Å²) >= 11 is 0. The fraction of sp³-hybridized carbons (Fsp3) is 1.00. The maximum absolute atomic E-state index is 12.0. The molecule has 0 aromatic rings. The Hall–Kier alpha value is -0.0900. The van der Waals surface area contributed by atoms with Crippen molar-refractivity contribution in [1.29, 1.82) is 0 Å². The molecule has 1 heterocycles. The van der Waals surface area contributed by atoms with Crippen molar-refractivity contribution in [3.05, 3.63) is 0 Å². The molecule has 3 nitrogen and oxygen atoms in total. The van der Waals surface area contributed by atoms with Gasteiger partial charge in [-0.15, -0.1) is 0 Å². The van der Waals surface area contributed by atoms with Crippen LogP contribution in [0.3, 0.4) is 0 Å². The topological polar surface area (TPSA) is 37.4 Å². The van der Waals surface area contributed by atoms with Crippen molar-refractivity contribution < 1.29 is 8.42 Å². The van der Waals surface area contributed by atoms with Crippen molar-refractivity contribution in [1.82, 2.24) is 4.31 Å². The van der Waals surface area contributed by atoms with Crippen LogP contribution in [0.2, 0.25) is 0 Å². The normalized spacial score (nSPS) is 25.2. The zero-order valence-corrected chi connectivity index (χ0v) is 11.4. The predicted molar refractivity (Wildman–Crippen MR) is 65.7 cm³/mol. The summed E-state index contributed by atoms with van der Waals surface area (Å²) in [6.07, 6.45) is 3.97. The molecule has 1 saturated heterocycles. The van der Waals surface area contributed by atoms with Gasteiger partial charge in [0.25, 0.3) is 0 Å². The molecule has 0 atom stereocenters. The van der Waals surface area contributed by atoms with Crippen LogP contribution in [0.4, 0.5) is 0 Å². The Balaban J connectivity index is 1.84. The van der Waals surface area contributed by atoms with E-state index in [0.29, 0.717) is 11.3 Å². The van der Waals surface area contributed by atoms with E-state index < -0.39 is 10.0 Å². The molecular formula is C12H23NO2S. The molecule has 1 saturated carbocycles. The van der Waals surface area contributed by atoms with Crippen LogP contribution in [0.5, 0.6) is 0 Å². The zero-order chi connectivity index (χ0) is 12.0. The molecule has 0 radical (unpaired) electrons. The number of nitrogens with zero attached hydrogens (tertiary/aromatic N) is 1. The van der Waals surface area contributed by atoms with Crippen LogP contribution < -0.4 is 0 Å². The average molecular weight is 245 g/mol. The highest BCUT2D eigenvalue weighted by molar-refractivity contribution is 7.89. The smallest absolute Gasteiger partial charge is 0.212 e. The van der Waals surface area contributed by atoms with Crippen molar-refractivity contribution in [2.45, 2.75) is 51.7 Å². The SMILES string of the molecule is CC(C)(C)CC1CN(S(=O)(=O)C2CCC2)C1. The van der Waals surface area contributed by atoms with Crippen LogP contribution in [0.25, 0.3) is 0 Å². The van der Waals surface area contributed by atoms with Gasteiger partial charge in [0.2, 0.25) is 10.0 Å². The third-order valence-electron chi connectivity index (χ3n) is 3.66. The number of rotatable bonds is 3. The maximum atomic E-state index is 12.0. The molecule has 16 heavy (non-hydrogen) atoms. The molecule has 94 valence electrons. The second-order valence-electron chi connectivity index (χ2n) is 6.55. The Morgan fingerprint density at radius 2 is 1.75 bits per heavy atom. The third-order valence-corrected chi connectivity index (χ3v) is 5.99. The van der Waals surface area contributed by atoms with Crippen molar-refractivity contribution in [3.63, 3.8) is 0 Å². The molecule has 0 aromatic heterocycles. The van der Waals surface area contributed by atoms with Crippen molar-refractivity contribution in [2.75, 3.05) is 13.1 Å². The standard InChI is InChI=1S/C12H23NO2S/c1-12(2,3)7-10-8-13(9-10)16(14,15)11-5-4-6-11/h10-11H,4-9H2,1-3H3. The van der Waals surface area contributed by atoms with E-state index in [9.17, 15) is 8.42 Å². The molecule has 1 aliphatic heterocycles. The van der Waals surface area contributed by atoms with Gasteiger partial charge in [0.1, 0.15) is 0 Å². The summed E-state index contributed by atoms with van der Waals surface area (Å²) in [5.74, 6) is 0.579. The summed E-state index contributed by atoms with van der Waals surface area (Å²) in [6, 6.07) is 0. The highest BCUT2D eigenvalue weighted by atomic mass is 32.2. The lowest BCUT2D eigenvalue weighted by Crippen LogP contribution is -2.54. The van der Waals surface area contributed by atoms with E-state index in [1.807, 2.05) is 0 Å². The largest absolute Gasteiger partial charge is 0.216 e. The lowest BCUT2D eigenvalue weighted by Gasteiger charge is -2.43. The zero-order valence-electron chi connectivity index (χ0n) is 10.6.